The fourth-order valence-electron chi connectivity index (χ4n) is 2.13. The minimum absolute atomic E-state index is 0.540. The lowest BCUT2D eigenvalue weighted by molar-refractivity contribution is -0.150. The molecule has 0 atom stereocenters. The molecule has 0 saturated carbocycles. The van der Waals surface area contributed by atoms with Gasteiger partial charge in [-0.3, -0.25) is 0 Å². The minimum Gasteiger partial charge on any atom is -0.493 e. The highest BCUT2D eigenvalue weighted by Gasteiger charge is 2.37. The molecule has 1 aliphatic rings. The fourth-order valence-corrected chi connectivity index (χ4v) is 2.13. The van der Waals surface area contributed by atoms with Crippen molar-refractivity contribution in [3.8, 4) is 17.2 Å². The average molecular weight is 254 g/mol. The Morgan fingerprint density at radius 2 is 1.56 bits per heavy atom. The molecule has 5 nitrogen and oxygen atoms in total. The summed E-state index contributed by atoms with van der Waals surface area (Å²) >= 11 is 0. The summed E-state index contributed by atoms with van der Waals surface area (Å²) in [4.78, 5) is 0. The van der Waals surface area contributed by atoms with Gasteiger partial charge < -0.3 is 23.7 Å². The summed E-state index contributed by atoms with van der Waals surface area (Å²) in [6.45, 7) is 2.99. The van der Waals surface area contributed by atoms with E-state index in [1.54, 1.807) is 21.3 Å². The Kier molecular flexibility index (Phi) is 3.63. The maximum absolute atomic E-state index is 5.64. The number of benzene rings is 1. The predicted octanol–water partition coefficient (Wildman–Crippen LogP) is 1.93. The second-order valence-corrected chi connectivity index (χ2v) is 4.02. The lowest BCUT2D eigenvalue weighted by atomic mass is 10.0. The Balaban J connectivity index is 2.54. The Bertz CT molecular complexity index is 424. The number of hydrogen-bond acceptors (Lipinski definition) is 5. The molecule has 5 heteroatoms. The summed E-state index contributed by atoms with van der Waals surface area (Å²) in [6, 6.07) is 3.68. The molecule has 0 radical (unpaired) electrons. The van der Waals surface area contributed by atoms with Gasteiger partial charge >= 0.3 is 0 Å². The van der Waals surface area contributed by atoms with Gasteiger partial charge in [0.2, 0.25) is 5.75 Å². The molecule has 1 aromatic carbocycles. The number of ether oxygens (including phenoxy) is 5. The summed E-state index contributed by atoms with van der Waals surface area (Å²) in [5.41, 5.74) is 0.792. The van der Waals surface area contributed by atoms with Crippen LogP contribution in [0.3, 0.4) is 0 Å². The van der Waals surface area contributed by atoms with Gasteiger partial charge in [0, 0.05) is 0 Å². The van der Waals surface area contributed by atoms with Gasteiger partial charge in [0.25, 0.3) is 0 Å². The summed E-state index contributed by atoms with van der Waals surface area (Å²) in [5, 5.41) is 0. The van der Waals surface area contributed by atoms with Gasteiger partial charge in [-0.05, 0) is 19.1 Å². The van der Waals surface area contributed by atoms with Crippen molar-refractivity contribution in [2.75, 3.05) is 34.5 Å². The van der Waals surface area contributed by atoms with Crippen LogP contribution in [0.5, 0.6) is 17.2 Å². The zero-order valence-corrected chi connectivity index (χ0v) is 11.1. The van der Waals surface area contributed by atoms with E-state index in [1.165, 1.54) is 0 Å². The molecular weight excluding hydrogens is 236 g/mol. The van der Waals surface area contributed by atoms with E-state index in [0.29, 0.717) is 30.5 Å². The first kappa shape index (κ1) is 13.0. The zero-order chi connectivity index (χ0) is 13.2. The molecular formula is C13H18O5. The van der Waals surface area contributed by atoms with Crippen LogP contribution in [0, 0.1) is 0 Å². The van der Waals surface area contributed by atoms with Crippen LogP contribution in [0.4, 0.5) is 0 Å². The molecule has 1 heterocycles. The van der Waals surface area contributed by atoms with Crippen molar-refractivity contribution in [3.05, 3.63) is 17.7 Å². The van der Waals surface area contributed by atoms with Crippen molar-refractivity contribution in [2.45, 2.75) is 12.7 Å². The van der Waals surface area contributed by atoms with Crippen molar-refractivity contribution in [2.24, 2.45) is 0 Å². The summed E-state index contributed by atoms with van der Waals surface area (Å²) < 4.78 is 27.3. The van der Waals surface area contributed by atoms with Crippen LogP contribution in [0.2, 0.25) is 0 Å². The highest BCUT2D eigenvalue weighted by molar-refractivity contribution is 5.57. The van der Waals surface area contributed by atoms with Gasteiger partial charge in [0.05, 0.1) is 40.1 Å². The third-order valence-electron chi connectivity index (χ3n) is 3.03. The van der Waals surface area contributed by atoms with Crippen molar-refractivity contribution in [1.82, 2.24) is 0 Å². The minimum atomic E-state index is -0.801. The van der Waals surface area contributed by atoms with Gasteiger partial charge in [-0.2, -0.15) is 0 Å². The molecule has 1 fully saturated rings. The van der Waals surface area contributed by atoms with E-state index in [9.17, 15) is 0 Å². The second-order valence-electron chi connectivity index (χ2n) is 4.02. The number of hydrogen-bond donors (Lipinski definition) is 0. The third-order valence-corrected chi connectivity index (χ3v) is 3.03. The van der Waals surface area contributed by atoms with E-state index in [0.717, 1.165) is 5.56 Å². The van der Waals surface area contributed by atoms with Crippen LogP contribution in [0.15, 0.2) is 12.1 Å². The standard InChI is InChI=1S/C13H18O5/c1-13(17-7-8-18-13)9-5-6-10(14-2)12(16-4)11(9)15-3/h5-6H,7-8H2,1-4H3. The molecule has 1 aliphatic heterocycles. The van der Waals surface area contributed by atoms with E-state index in [2.05, 4.69) is 0 Å². The van der Waals surface area contributed by atoms with Gasteiger partial charge in [0.1, 0.15) is 0 Å². The van der Waals surface area contributed by atoms with Crippen LogP contribution < -0.4 is 14.2 Å². The van der Waals surface area contributed by atoms with Crippen LogP contribution in [-0.2, 0) is 15.3 Å². The first-order chi connectivity index (χ1) is 8.66. The summed E-state index contributed by atoms with van der Waals surface area (Å²) in [6.07, 6.45) is 0. The molecule has 0 aromatic heterocycles. The van der Waals surface area contributed by atoms with E-state index in [1.807, 2.05) is 19.1 Å². The molecule has 1 aromatic rings. The van der Waals surface area contributed by atoms with Crippen molar-refractivity contribution >= 4 is 0 Å². The normalized spacial score (nSPS) is 17.6. The van der Waals surface area contributed by atoms with E-state index >= 15 is 0 Å². The summed E-state index contributed by atoms with van der Waals surface area (Å²) in [7, 11) is 4.74. The molecule has 0 amide bonds. The summed E-state index contributed by atoms with van der Waals surface area (Å²) in [5.74, 6) is 0.920. The van der Waals surface area contributed by atoms with Crippen molar-refractivity contribution in [3.63, 3.8) is 0 Å². The van der Waals surface area contributed by atoms with Crippen LogP contribution in [0.1, 0.15) is 12.5 Å². The largest absolute Gasteiger partial charge is 0.493 e. The highest BCUT2D eigenvalue weighted by atomic mass is 16.7. The molecule has 0 aliphatic carbocycles. The average Bonchev–Trinajstić information content (AvgIpc) is 2.84. The lowest BCUT2D eigenvalue weighted by Crippen LogP contribution is -2.23. The van der Waals surface area contributed by atoms with Gasteiger partial charge in [-0.25, -0.2) is 0 Å². The van der Waals surface area contributed by atoms with Crippen molar-refractivity contribution < 1.29 is 23.7 Å². The molecule has 1 saturated heterocycles. The number of rotatable bonds is 4. The molecule has 2 rings (SSSR count). The van der Waals surface area contributed by atoms with E-state index in [4.69, 9.17) is 23.7 Å². The third kappa shape index (κ3) is 2.00. The zero-order valence-electron chi connectivity index (χ0n) is 11.1. The highest BCUT2D eigenvalue weighted by Crippen LogP contribution is 2.46. The van der Waals surface area contributed by atoms with E-state index < -0.39 is 5.79 Å². The second kappa shape index (κ2) is 5.04. The van der Waals surface area contributed by atoms with Gasteiger partial charge in [0.15, 0.2) is 17.3 Å². The fraction of sp³-hybridized carbons (Fsp3) is 0.538. The monoisotopic (exact) mass is 254 g/mol. The van der Waals surface area contributed by atoms with Crippen LogP contribution in [0.25, 0.3) is 0 Å². The van der Waals surface area contributed by atoms with Crippen molar-refractivity contribution in [1.29, 1.82) is 0 Å². The SMILES string of the molecule is COc1ccc(C2(C)OCCO2)c(OC)c1OC. The van der Waals surface area contributed by atoms with Crippen LogP contribution >= 0.6 is 0 Å². The Morgan fingerprint density at radius 3 is 2.06 bits per heavy atom. The molecule has 100 valence electrons. The first-order valence-electron chi connectivity index (χ1n) is 5.73. The maximum atomic E-state index is 5.64. The molecule has 0 bridgehead atoms. The molecule has 0 spiro atoms. The topological polar surface area (TPSA) is 46.2 Å². The first-order valence-corrected chi connectivity index (χ1v) is 5.73. The number of methoxy groups -OCH3 is 3. The lowest BCUT2D eigenvalue weighted by Gasteiger charge is -2.26. The predicted molar refractivity (Wildman–Crippen MR) is 65.4 cm³/mol. The maximum Gasteiger partial charge on any atom is 0.203 e. The van der Waals surface area contributed by atoms with Gasteiger partial charge in [-0.1, -0.05) is 0 Å². The molecule has 0 N–H and O–H groups in total. The van der Waals surface area contributed by atoms with E-state index in [-0.39, 0.29) is 0 Å². The Hall–Kier alpha value is -1.46. The molecule has 18 heavy (non-hydrogen) atoms. The van der Waals surface area contributed by atoms with Gasteiger partial charge in [-0.15, -0.1) is 0 Å². The van der Waals surface area contributed by atoms with Crippen LogP contribution in [-0.4, -0.2) is 34.5 Å². The quantitative estimate of drug-likeness (QED) is 0.821. The smallest absolute Gasteiger partial charge is 0.203 e. The molecule has 0 unspecified atom stereocenters. The Labute approximate surface area is 107 Å². The Morgan fingerprint density at radius 1 is 0.944 bits per heavy atom.